The van der Waals surface area contributed by atoms with E-state index < -0.39 is 17.2 Å². The lowest BCUT2D eigenvalue weighted by atomic mass is 10.1. The maximum atomic E-state index is 9.58. The Morgan fingerprint density at radius 2 is 1.54 bits per heavy atom. The quantitative estimate of drug-likeness (QED) is 0.242. The predicted molar refractivity (Wildman–Crippen MR) is 98.9 cm³/mol. The van der Waals surface area contributed by atoms with Crippen LogP contribution in [0, 0.1) is 3.57 Å². The Morgan fingerprint density at radius 3 is 2.12 bits per heavy atom. The highest BCUT2D eigenvalue weighted by molar-refractivity contribution is 14.1. The predicted octanol–water partition coefficient (Wildman–Crippen LogP) is 3.14. The zero-order valence-corrected chi connectivity index (χ0v) is 14.6. The Balaban J connectivity index is 2.01. The van der Waals surface area contributed by atoms with E-state index in [1.807, 2.05) is 22.6 Å². The molecule has 0 aliphatic carbocycles. The number of allylic oxidation sites excluding steroid dienone is 1. The minimum absolute atomic E-state index is 0.156. The van der Waals surface area contributed by atoms with Crippen molar-refractivity contribution in [1.82, 2.24) is 5.32 Å². The summed E-state index contributed by atoms with van der Waals surface area (Å²) in [6.07, 6.45) is 3.39. The van der Waals surface area contributed by atoms with Crippen LogP contribution in [0.4, 0.5) is 0 Å². The van der Waals surface area contributed by atoms with Crippen LogP contribution in [-0.2, 0) is 6.54 Å². The normalized spacial score (nSPS) is 10.9. The van der Waals surface area contributed by atoms with Crippen molar-refractivity contribution in [2.75, 3.05) is 0 Å². The Hall–Kier alpha value is -2.55. The zero-order chi connectivity index (χ0) is 17.9. The molecule has 0 amide bonds. The minimum atomic E-state index is -0.556. The molecule has 0 unspecified atom stereocenters. The van der Waals surface area contributed by atoms with Gasteiger partial charge in [0.1, 0.15) is 0 Å². The van der Waals surface area contributed by atoms with Gasteiger partial charge in [0.15, 0.2) is 28.7 Å². The molecule has 7 heteroatoms. The number of aromatic hydroxyl groups is 5. The number of rotatable bonds is 5. The molecule has 6 nitrogen and oxygen atoms in total. The van der Waals surface area contributed by atoms with Gasteiger partial charge in [-0.25, -0.2) is 0 Å². The van der Waals surface area contributed by atoms with E-state index in [4.69, 9.17) is 0 Å². The molecule has 2 aromatic carbocycles. The van der Waals surface area contributed by atoms with Gasteiger partial charge in [0.2, 0.25) is 0 Å². The van der Waals surface area contributed by atoms with Crippen LogP contribution in [0.5, 0.6) is 28.7 Å². The molecular weight excluding hydrogens is 425 g/mol. The first-order chi connectivity index (χ1) is 11.3. The van der Waals surface area contributed by atoms with E-state index in [1.54, 1.807) is 18.2 Å². The fourth-order valence-corrected chi connectivity index (χ4v) is 2.57. The van der Waals surface area contributed by atoms with Crippen LogP contribution in [0.2, 0.25) is 0 Å². The third-order valence-electron chi connectivity index (χ3n) is 3.19. The minimum Gasteiger partial charge on any atom is -0.504 e. The number of phenols is 5. The van der Waals surface area contributed by atoms with Gasteiger partial charge >= 0.3 is 0 Å². The first kappa shape index (κ1) is 17.8. The molecule has 0 saturated heterocycles. The molecule has 0 aromatic heterocycles. The maximum Gasteiger partial charge on any atom is 0.200 e. The highest BCUT2D eigenvalue weighted by Crippen LogP contribution is 2.35. The first-order valence-corrected chi connectivity index (χ1v) is 7.92. The highest BCUT2D eigenvalue weighted by Gasteiger charge is 2.08. The number of halogens is 1. The average molecular weight is 441 g/mol. The Kier molecular flexibility index (Phi) is 5.45. The van der Waals surface area contributed by atoms with Crippen molar-refractivity contribution in [3.05, 3.63) is 57.3 Å². The summed E-state index contributed by atoms with van der Waals surface area (Å²) in [5.41, 5.74) is 1.82. The van der Waals surface area contributed by atoms with E-state index in [9.17, 15) is 25.5 Å². The molecule has 0 atom stereocenters. The van der Waals surface area contributed by atoms with Crippen LogP contribution in [0.15, 0.2) is 42.6 Å². The second-order valence-corrected chi connectivity index (χ2v) is 6.23. The van der Waals surface area contributed by atoms with Gasteiger partial charge in [0.05, 0.1) is 3.57 Å². The van der Waals surface area contributed by atoms with E-state index >= 15 is 0 Å². The largest absolute Gasteiger partial charge is 0.504 e. The molecule has 6 N–H and O–H groups in total. The number of hydrogen-bond donors (Lipinski definition) is 6. The summed E-state index contributed by atoms with van der Waals surface area (Å²) in [7, 11) is 0. The van der Waals surface area contributed by atoms with Crippen molar-refractivity contribution in [2.24, 2.45) is 0 Å². The molecule has 0 spiro atoms. The monoisotopic (exact) mass is 441 g/mol. The van der Waals surface area contributed by atoms with Crippen molar-refractivity contribution in [2.45, 2.75) is 6.54 Å². The number of nitrogens with one attached hydrogen (secondary N) is 1. The second-order valence-electron chi connectivity index (χ2n) is 5.07. The maximum absolute atomic E-state index is 9.58. The molecule has 0 heterocycles. The van der Waals surface area contributed by atoms with Crippen LogP contribution in [-0.4, -0.2) is 25.5 Å². The summed E-state index contributed by atoms with van der Waals surface area (Å²) in [6, 6.07) is 5.80. The van der Waals surface area contributed by atoms with Gasteiger partial charge in [-0.3, -0.25) is 0 Å². The number of hydrogen-bond acceptors (Lipinski definition) is 6. The molecule has 0 fully saturated rings. The van der Waals surface area contributed by atoms with Crippen molar-refractivity contribution in [3.8, 4) is 28.7 Å². The molecule has 0 aliphatic rings. The van der Waals surface area contributed by atoms with Gasteiger partial charge in [-0.1, -0.05) is 12.7 Å². The fraction of sp³-hybridized carbons (Fsp3) is 0.0588. The van der Waals surface area contributed by atoms with Gasteiger partial charge in [0, 0.05) is 12.2 Å². The van der Waals surface area contributed by atoms with Crippen molar-refractivity contribution in [3.63, 3.8) is 0 Å². The highest BCUT2D eigenvalue weighted by atomic mass is 127. The first-order valence-electron chi connectivity index (χ1n) is 6.84. The molecule has 0 radical (unpaired) electrons. The lowest BCUT2D eigenvalue weighted by Gasteiger charge is -2.09. The van der Waals surface area contributed by atoms with Crippen LogP contribution < -0.4 is 5.32 Å². The third-order valence-corrected chi connectivity index (χ3v) is 4.01. The van der Waals surface area contributed by atoms with Gasteiger partial charge in [-0.2, -0.15) is 0 Å². The van der Waals surface area contributed by atoms with Crippen LogP contribution in [0.25, 0.3) is 6.08 Å². The van der Waals surface area contributed by atoms with Gasteiger partial charge in [-0.15, -0.1) is 0 Å². The summed E-state index contributed by atoms with van der Waals surface area (Å²) in [4.78, 5) is 0. The SMILES string of the molecule is C=C(/C=C/c1cc(O)c(O)c(I)c1)NCc1cc(O)c(O)c(O)c1. The summed E-state index contributed by atoms with van der Waals surface area (Å²) in [6.45, 7) is 4.10. The third kappa shape index (κ3) is 4.25. The average Bonchev–Trinajstić information content (AvgIpc) is 2.53. The molecular formula is C17H16INO5. The van der Waals surface area contributed by atoms with Crippen molar-refractivity contribution in [1.29, 1.82) is 0 Å². The Labute approximate surface area is 152 Å². The van der Waals surface area contributed by atoms with Gasteiger partial charge < -0.3 is 30.8 Å². The molecule has 126 valence electrons. The van der Waals surface area contributed by atoms with E-state index in [1.165, 1.54) is 18.2 Å². The summed E-state index contributed by atoms with van der Waals surface area (Å²) >= 11 is 1.92. The Morgan fingerprint density at radius 1 is 0.958 bits per heavy atom. The summed E-state index contributed by atoms with van der Waals surface area (Å²) in [5, 5.41) is 50.3. The van der Waals surface area contributed by atoms with E-state index in [-0.39, 0.29) is 18.0 Å². The summed E-state index contributed by atoms with van der Waals surface area (Å²) < 4.78 is 0.529. The van der Waals surface area contributed by atoms with E-state index in [2.05, 4.69) is 11.9 Å². The smallest absolute Gasteiger partial charge is 0.200 e. The molecule has 0 aliphatic heterocycles. The van der Waals surface area contributed by atoms with E-state index in [0.717, 1.165) is 0 Å². The second kappa shape index (κ2) is 7.35. The topological polar surface area (TPSA) is 113 Å². The molecule has 2 aromatic rings. The fourth-order valence-electron chi connectivity index (χ4n) is 1.94. The number of benzene rings is 2. The standard InChI is InChI=1S/C17H16INO5/c1-9(2-3-10-4-12(18)16(23)13(20)5-10)19-8-11-6-14(21)17(24)15(22)7-11/h2-7,19-24H,1,8H2/b3-2+. The molecule has 2 rings (SSSR count). The van der Waals surface area contributed by atoms with Crippen molar-refractivity contribution < 1.29 is 25.5 Å². The van der Waals surface area contributed by atoms with Crippen molar-refractivity contribution >= 4 is 28.7 Å². The summed E-state index contributed by atoms with van der Waals surface area (Å²) in [5.74, 6) is -1.71. The zero-order valence-electron chi connectivity index (χ0n) is 12.5. The Bertz CT molecular complexity index is 771. The molecule has 0 saturated carbocycles. The lowest BCUT2D eigenvalue weighted by molar-refractivity contribution is 0.367. The van der Waals surface area contributed by atoms with Crippen LogP contribution in [0.3, 0.4) is 0 Å². The molecule has 0 bridgehead atoms. The lowest BCUT2D eigenvalue weighted by Crippen LogP contribution is -2.10. The van der Waals surface area contributed by atoms with Crippen LogP contribution in [0.1, 0.15) is 11.1 Å². The number of phenolic OH excluding ortho intramolecular Hbond substituents is 5. The molecule has 24 heavy (non-hydrogen) atoms. The van der Waals surface area contributed by atoms with E-state index in [0.29, 0.717) is 20.4 Å². The van der Waals surface area contributed by atoms with Gasteiger partial charge in [-0.05, 0) is 64.1 Å². The van der Waals surface area contributed by atoms with Gasteiger partial charge in [0.25, 0.3) is 0 Å². The van der Waals surface area contributed by atoms with Crippen LogP contribution >= 0.6 is 22.6 Å².